The smallest absolute Gasteiger partial charge is 0.227 e. The summed E-state index contributed by atoms with van der Waals surface area (Å²) in [6, 6.07) is 6.08. The number of hydrogen-bond acceptors (Lipinski definition) is 5. The molecule has 2 aromatic heterocycles. The van der Waals surface area contributed by atoms with E-state index < -0.39 is 0 Å². The fraction of sp³-hybridized carbons (Fsp3) is 0.300. The molecule has 15 heavy (non-hydrogen) atoms. The van der Waals surface area contributed by atoms with E-state index in [1.165, 1.54) is 4.88 Å². The molecule has 0 bridgehead atoms. The molecule has 0 saturated heterocycles. The molecule has 0 amide bonds. The molecule has 4 nitrogen and oxygen atoms in total. The van der Waals surface area contributed by atoms with Gasteiger partial charge in [-0.05, 0) is 11.4 Å². The van der Waals surface area contributed by atoms with Gasteiger partial charge < -0.3 is 4.52 Å². The van der Waals surface area contributed by atoms with Crippen LogP contribution in [0.15, 0.2) is 22.0 Å². The first-order valence-electron chi connectivity index (χ1n) is 4.59. The molecule has 0 N–H and O–H groups in total. The van der Waals surface area contributed by atoms with Crippen LogP contribution in [0, 0.1) is 11.3 Å². The number of nitriles is 1. The molecule has 5 heteroatoms. The molecule has 2 aromatic rings. The highest BCUT2D eigenvalue weighted by molar-refractivity contribution is 7.09. The average Bonchev–Trinajstić information content (AvgIpc) is 2.87. The van der Waals surface area contributed by atoms with Crippen LogP contribution in [0.25, 0.3) is 0 Å². The van der Waals surface area contributed by atoms with E-state index in [1.807, 2.05) is 23.6 Å². The summed E-state index contributed by atoms with van der Waals surface area (Å²) in [4.78, 5) is 5.41. The van der Waals surface area contributed by atoms with Crippen molar-refractivity contribution in [3.63, 3.8) is 0 Å². The molecule has 0 aliphatic rings. The molecule has 2 rings (SSSR count). The van der Waals surface area contributed by atoms with Crippen LogP contribution in [0.5, 0.6) is 0 Å². The van der Waals surface area contributed by atoms with E-state index >= 15 is 0 Å². The molecule has 76 valence electrons. The topological polar surface area (TPSA) is 62.7 Å². The molecule has 0 fully saturated rings. The fourth-order valence-corrected chi connectivity index (χ4v) is 1.90. The standard InChI is InChI=1S/C10H9N3OS/c11-5-1-4-10-12-9(13-14-10)7-8-3-2-6-15-8/h2-3,6H,1,4,7H2. The number of aromatic nitrogens is 2. The van der Waals surface area contributed by atoms with Crippen molar-refractivity contribution in [3.8, 4) is 6.07 Å². The van der Waals surface area contributed by atoms with E-state index in [9.17, 15) is 0 Å². The van der Waals surface area contributed by atoms with Crippen molar-refractivity contribution in [1.82, 2.24) is 10.1 Å². The van der Waals surface area contributed by atoms with Crippen LogP contribution in [0.4, 0.5) is 0 Å². The first kappa shape index (κ1) is 9.87. The highest BCUT2D eigenvalue weighted by Gasteiger charge is 2.06. The van der Waals surface area contributed by atoms with Crippen LogP contribution in [-0.4, -0.2) is 10.1 Å². The third kappa shape index (κ3) is 2.64. The lowest BCUT2D eigenvalue weighted by Gasteiger charge is -1.87. The first-order valence-corrected chi connectivity index (χ1v) is 5.47. The maximum Gasteiger partial charge on any atom is 0.227 e. The Kier molecular flexibility index (Phi) is 3.10. The molecule has 0 unspecified atom stereocenters. The third-order valence-electron chi connectivity index (χ3n) is 1.87. The van der Waals surface area contributed by atoms with Crippen LogP contribution < -0.4 is 0 Å². The van der Waals surface area contributed by atoms with Gasteiger partial charge in [-0.25, -0.2) is 0 Å². The summed E-state index contributed by atoms with van der Waals surface area (Å²) in [5.41, 5.74) is 0. The Morgan fingerprint density at radius 2 is 2.47 bits per heavy atom. The lowest BCUT2D eigenvalue weighted by molar-refractivity contribution is 0.375. The molecular formula is C10H9N3OS. The Bertz CT molecular complexity index is 455. The number of rotatable bonds is 4. The van der Waals surface area contributed by atoms with Crippen LogP contribution in [0.1, 0.15) is 23.0 Å². The summed E-state index contributed by atoms with van der Waals surface area (Å²) in [5.74, 6) is 1.23. The summed E-state index contributed by atoms with van der Waals surface area (Å²) in [6.45, 7) is 0. The van der Waals surface area contributed by atoms with Gasteiger partial charge in [0.2, 0.25) is 5.89 Å². The normalized spacial score (nSPS) is 10.1. The van der Waals surface area contributed by atoms with Crippen LogP contribution >= 0.6 is 11.3 Å². The minimum atomic E-state index is 0.417. The number of hydrogen-bond donors (Lipinski definition) is 0. The summed E-state index contributed by atoms with van der Waals surface area (Å²) in [5, 5.41) is 14.3. The minimum absolute atomic E-state index is 0.417. The van der Waals surface area contributed by atoms with Gasteiger partial charge in [-0.2, -0.15) is 10.2 Å². The zero-order valence-corrected chi connectivity index (χ0v) is 8.83. The van der Waals surface area contributed by atoms with Gasteiger partial charge in [0.05, 0.1) is 6.07 Å². The second kappa shape index (κ2) is 4.71. The quantitative estimate of drug-likeness (QED) is 0.790. The van der Waals surface area contributed by atoms with Crippen molar-refractivity contribution in [1.29, 1.82) is 5.26 Å². The van der Waals surface area contributed by atoms with Gasteiger partial charge >= 0.3 is 0 Å². The Morgan fingerprint density at radius 3 is 3.20 bits per heavy atom. The van der Waals surface area contributed by atoms with Gasteiger partial charge in [-0.3, -0.25) is 0 Å². The second-order valence-corrected chi connectivity index (χ2v) is 4.05. The van der Waals surface area contributed by atoms with Gasteiger partial charge in [-0.15, -0.1) is 11.3 Å². The van der Waals surface area contributed by atoms with Crippen molar-refractivity contribution in [3.05, 3.63) is 34.1 Å². The van der Waals surface area contributed by atoms with E-state index in [1.54, 1.807) is 11.3 Å². The maximum atomic E-state index is 8.40. The molecule has 0 radical (unpaired) electrons. The molecule has 0 spiro atoms. The molecule has 0 aliphatic carbocycles. The lowest BCUT2D eigenvalue weighted by atomic mass is 10.3. The molecule has 2 heterocycles. The van der Waals surface area contributed by atoms with Crippen molar-refractivity contribution in [2.75, 3.05) is 0 Å². The Hall–Kier alpha value is -1.67. The molecule has 0 atom stereocenters. The second-order valence-electron chi connectivity index (χ2n) is 3.02. The number of thiophene rings is 1. The highest BCUT2D eigenvalue weighted by atomic mass is 32.1. The molecule has 0 saturated carbocycles. The maximum absolute atomic E-state index is 8.40. The zero-order chi connectivity index (χ0) is 10.5. The van der Waals surface area contributed by atoms with Crippen molar-refractivity contribution in [2.24, 2.45) is 0 Å². The van der Waals surface area contributed by atoms with E-state index in [0.717, 1.165) is 0 Å². The SMILES string of the molecule is N#CCCc1nc(Cc2cccs2)no1. The van der Waals surface area contributed by atoms with Crippen molar-refractivity contribution in [2.45, 2.75) is 19.3 Å². The van der Waals surface area contributed by atoms with Crippen molar-refractivity contribution < 1.29 is 4.52 Å². The lowest BCUT2D eigenvalue weighted by Crippen LogP contribution is -1.88. The minimum Gasteiger partial charge on any atom is -0.339 e. The average molecular weight is 219 g/mol. The highest BCUT2D eigenvalue weighted by Crippen LogP contribution is 2.13. The monoisotopic (exact) mass is 219 g/mol. The summed E-state index contributed by atoms with van der Waals surface area (Å²) in [6.07, 6.45) is 1.66. The fourth-order valence-electron chi connectivity index (χ4n) is 1.20. The Labute approximate surface area is 91.2 Å². The predicted molar refractivity (Wildman–Crippen MR) is 55.4 cm³/mol. The summed E-state index contributed by atoms with van der Waals surface area (Å²) >= 11 is 1.67. The number of nitrogens with zero attached hydrogens (tertiary/aromatic N) is 3. The largest absolute Gasteiger partial charge is 0.339 e. The molecule has 0 aromatic carbocycles. The summed E-state index contributed by atoms with van der Waals surface area (Å²) in [7, 11) is 0. The van der Waals surface area contributed by atoms with E-state index in [2.05, 4.69) is 10.1 Å². The van der Waals surface area contributed by atoms with Gasteiger partial charge in [0.1, 0.15) is 0 Å². The van der Waals surface area contributed by atoms with E-state index in [0.29, 0.717) is 31.0 Å². The van der Waals surface area contributed by atoms with Crippen molar-refractivity contribution >= 4 is 11.3 Å². The van der Waals surface area contributed by atoms with Gasteiger partial charge in [0, 0.05) is 24.1 Å². The van der Waals surface area contributed by atoms with Gasteiger partial charge in [0.15, 0.2) is 5.82 Å². The third-order valence-corrected chi connectivity index (χ3v) is 2.75. The van der Waals surface area contributed by atoms with Crippen LogP contribution in [0.2, 0.25) is 0 Å². The van der Waals surface area contributed by atoms with E-state index in [4.69, 9.17) is 9.78 Å². The predicted octanol–water partition coefficient (Wildman–Crippen LogP) is 2.18. The molecule has 0 aliphatic heterocycles. The zero-order valence-electron chi connectivity index (χ0n) is 8.01. The van der Waals surface area contributed by atoms with Gasteiger partial charge in [0.25, 0.3) is 0 Å². The Morgan fingerprint density at radius 1 is 1.53 bits per heavy atom. The Balaban J connectivity index is 1.99. The van der Waals surface area contributed by atoms with Gasteiger partial charge in [-0.1, -0.05) is 11.2 Å². The first-order chi connectivity index (χ1) is 7.38. The van der Waals surface area contributed by atoms with Crippen LogP contribution in [-0.2, 0) is 12.8 Å². The number of aryl methyl sites for hydroxylation is 1. The summed E-state index contributed by atoms with van der Waals surface area (Å²) < 4.78 is 5.01. The van der Waals surface area contributed by atoms with Crippen LogP contribution in [0.3, 0.4) is 0 Å². The molecular weight excluding hydrogens is 210 g/mol. The van der Waals surface area contributed by atoms with E-state index in [-0.39, 0.29) is 0 Å².